The summed E-state index contributed by atoms with van der Waals surface area (Å²) in [5, 5.41) is 8.48. The van der Waals surface area contributed by atoms with Crippen LogP contribution in [0.1, 0.15) is 33.0 Å². The Morgan fingerprint density at radius 2 is 1.91 bits per heavy atom. The second kappa shape index (κ2) is 5.82. The van der Waals surface area contributed by atoms with E-state index in [1.807, 2.05) is 24.3 Å². The van der Waals surface area contributed by atoms with E-state index in [0.29, 0.717) is 18.6 Å². The second-order valence-electron chi connectivity index (χ2n) is 5.65. The third-order valence-electron chi connectivity index (χ3n) is 4.10. The van der Waals surface area contributed by atoms with E-state index in [-0.39, 0.29) is 17.9 Å². The Hall–Kier alpha value is -2.12. The van der Waals surface area contributed by atoms with Gasteiger partial charge in [-0.2, -0.15) is 0 Å². The van der Waals surface area contributed by atoms with E-state index in [2.05, 4.69) is 4.72 Å². The van der Waals surface area contributed by atoms with Crippen LogP contribution in [0.5, 0.6) is 0 Å². The number of benzene rings is 1. The molecule has 122 valence electrons. The van der Waals surface area contributed by atoms with Gasteiger partial charge < -0.3 is 9.52 Å². The lowest BCUT2D eigenvalue weighted by molar-refractivity contribution is 0.0695. The molecule has 0 fully saturated rings. The van der Waals surface area contributed by atoms with Crippen LogP contribution in [-0.4, -0.2) is 24.7 Å². The largest absolute Gasteiger partial charge is 0.478 e. The molecule has 0 saturated heterocycles. The van der Waals surface area contributed by atoms with Crippen LogP contribution < -0.4 is 4.72 Å². The lowest BCUT2D eigenvalue weighted by Crippen LogP contribution is -2.34. The first kappa shape index (κ1) is 15.8. The van der Waals surface area contributed by atoms with Gasteiger partial charge >= 0.3 is 5.97 Å². The van der Waals surface area contributed by atoms with Crippen molar-refractivity contribution >= 4 is 16.0 Å². The minimum Gasteiger partial charge on any atom is -0.478 e. The van der Waals surface area contributed by atoms with Crippen molar-refractivity contribution in [1.82, 2.24) is 4.72 Å². The summed E-state index contributed by atoms with van der Waals surface area (Å²) in [6.07, 6.45) is 0.978. The number of furan rings is 1. The molecule has 1 heterocycles. The average Bonchev–Trinajstić information content (AvgIpc) is 3.09. The fraction of sp³-hybridized carbons (Fsp3) is 0.312. The van der Waals surface area contributed by atoms with Gasteiger partial charge in [-0.15, -0.1) is 0 Å². The van der Waals surface area contributed by atoms with E-state index in [0.717, 1.165) is 11.1 Å². The molecule has 0 radical (unpaired) electrons. The van der Waals surface area contributed by atoms with Crippen LogP contribution in [0.2, 0.25) is 0 Å². The lowest BCUT2D eigenvalue weighted by Gasteiger charge is -2.11. The summed E-state index contributed by atoms with van der Waals surface area (Å²) in [6.45, 7) is 1.48. The molecule has 1 aliphatic rings. The van der Waals surface area contributed by atoms with Gasteiger partial charge in [0.25, 0.3) is 0 Å². The van der Waals surface area contributed by atoms with Crippen molar-refractivity contribution in [3.8, 4) is 0 Å². The predicted octanol–water partition coefficient (Wildman–Crippen LogP) is 1.87. The number of hydrogen-bond acceptors (Lipinski definition) is 4. The van der Waals surface area contributed by atoms with Gasteiger partial charge in [-0.25, -0.2) is 17.9 Å². The molecule has 1 aromatic carbocycles. The number of aromatic carboxylic acids is 1. The fourth-order valence-corrected chi connectivity index (χ4v) is 4.25. The Balaban J connectivity index is 1.69. The Labute approximate surface area is 134 Å². The summed E-state index contributed by atoms with van der Waals surface area (Å²) >= 11 is 0. The first-order valence-corrected chi connectivity index (χ1v) is 8.79. The van der Waals surface area contributed by atoms with Crippen molar-refractivity contribution in [3.63, 3.8) is 0 Å². The zero-order chi connectivity index (χ0) is 16.6. The molecule has 0 spiro atoms. The molecule has 0 aliphatic heterocycles. The summed E-state index contributed by atoms with van der Waals surface area (Å²) in [4.78, 5) is 11.0. The van der Waals surface area contributed by atoms with Gasteiger partial charge in [0.2, 0.25) is 10.0 Å². The number of hydrogen-bond donors (Lipinski definition) is 2. The number of carboxylic acids is 1. The highest BCUT2D eigenvalue weighted by atomic mass is 32.2. The predicted molar refractivity (Wildman–Crippen MR) is 83.8 cm³/mol. The van der Waals surface area contributed by atoms with Gasteiger partial charge in [-0.1, -0.05) is 24.3 Å². The van der Waals surface area contributed by atoms with E-state index >= 15 is 0 Å². The summed E-state index contributed by atoms with van der Waals surface area (Å²) in [6, 6.07) is 9.05. The zero-order valence-corrected chi connectivity index (χ0v) is 13.4. The van der Waals surface area contributed by atoms with Crippen LogP contribution in [0.4, 0.5) is 0 Å². The fourth-order valence-electron chi connectivity index (χ4n) is 2.87. The van der Waals surface area contributed by atoms with E-state index in [9.17, 15) is 13.2 Å². The van der Waals surface area contributed by atoms with Gasteiger partial charge in [0, 0.05) is 0 Å². The van der Waals surface area contributed by atoms with Crippen LogP contribution in [0.3, 0.4) is 0 Å². The Kier molecular flexibility index (Phi) is 3.99. The molecule has 0 saturated carbocycles. The molecule has 0 unspecified atom stereocenters. The number of aryl methyl sites for hydroxylation is 1. The van der Waals surface area contributed by atoms with E-state index in [4.69, 9.17) is 9.52 Å². The number of sulfonamides is 1. The van der Waals surface area contributed by atoms with Crippen molar-refractivity contribution < 1.29 is 22.7 Å². The maximum absolute atomic E-state index is 12.4. The number of carboxylic acid groups (broad SMARTS) is 1. The van der Waals surface area contributed by atoms with Crippen LogP contribution in [0.15, 0.2) is 34.7 Å². The third kappa shape index (κ3) is 3.16. The molecule has 6 nitrogen and oxygen atoms in total. The molecule has 0 bridgehead atoms. The molecule has 1 aromatic heterocycles. The second-order valence-corrected chi connectivity index (χ2v) is 7.70. The monoisotopic (exact) mass is 335 g/mol. The quantitative estimate of drug-likeness (QED) is 0.869. The van der Waals surface area contributed by atoms with E-state index < -0.39 is 21.2 Å². The molecular formula is C16H17NO5S. The molecule has 1 aliphatic carbocycles. The summed E-state index contributed by atoms with van der Waals surface area (Å²) in [7, 11) is -3.51. The van der Waals surface area contributed by atoms with Crippen LogP contribution in [-0.2, 0) is 29.4 Å². The van der Waals surface area contributed by atoms with Gasteiger partial charge in [-0.3, -0.25) is 0 Å². The van der Waals surface area contributed by atoms with E-state index in [1.165, 1.54) is 13.0 Å². The van der Waals surface area contributed by atoms with Crippen LogP contribution >= 0.6 is 0 Å². The third-order valence-corrected chi connectivity index (χ3v) is 5.86. The SMILES string of the molecule is Cc1oc(CNS(=O)(=O)C2Cc3ccccc3C2)cc1C(=O)O. The number of rotatable bonds is 5. The van der Waals surface area contributed by atoms with E-state index in [1.54, 1.807) is 0 Å². The summed E-state index contributed by atoms with van der Waals surface area (Å²) in [5.74, 6) is -0.537. The van der Waals surface area contributed by atoms with Crippen LogP contribution in [0, 0.1) is 6.92 Å². The maximum Gasteiger partial charge on any atom is 0.339 e. The smallest absolute Gasteiger partial charge is 0.339 e. The Morgan fingerprint density at radius 3 is 2.43 bits per heavy atom. The first-order valence-electron chi connectivity index (χ1n) is 7.24. The number of nitrogens with one attached hydrogen (secondary N) is 1. The molecular weight excluding hydrogens is 318 g/mol. The average molecular weight is 335 g/mol. The van der Waals surface area contributed by atoms with Gasteiger partial charge in [0.1, 0.15) is 17.1 Å². The zero-order valence-electron chi connectivity index (χ0n) is 12.6. The molecule has 2 N–H and O–H groups in total. The van der Waals surface area contributed by atoms with Gasteiger partial charge in [0.05, 0.1) is 11.8 Å². The van der Waals surface area contributed by atoms with Gasteiger partial charge in [0.15, 0.2) is 0 Å². The minimum atomic E-state index is -3.51. The number of fused-ring (bicyclic) bond motifs is 1. The normalized spacial score (nSPS) is 14.8. The number of carbonyl (C=O) groups is 1. The topological polar surface area (TPSA) is 96.6 Å². The Morgan fingerprint density at radius 1 is 1.30 bits per heavy atom. The molecule has 2 aromatic rings. The van der Waals surface area contributed by atoms with Crippen LogP contribution in [0.25, 0.3) is 0 Å². The maximum atomic E-state index is 12.4. The molecule has 0 atom stereocenters. The highest BCUT2D eigenvalue weighted by Gasteiger charge is 2.32. The standard InChI is InChI=1S/C16H17NO5S/c1-10-15(16(18)19)8-13(22-10)9-17-23(20,21)14-6-11-4-2-3-5-12(11)7-14/h2-5,8,14,17H,6-7,9H2,1H3,(H,18,19). The Bertz CT molecular complexity index is 828. The molecule has 0 amide bonds. The summed E-state index contributed by atoms with van der Waals surface area (Å²) < 4.78 is 32.7. The lowest BCUT2D eigenvalue weighted by atomic mass is 10.1. The van der Waals surface area contributed by atoms with Crippen molar-refractivity contribution in [2.75, 3.05) is 0 Å². The highest BCUT2D eigenvalue weighted by molar-refractivity contribution is 7.90. The van der Waals surface area contributed by atoms with Gasteiger partial charge in [-0.05, 0) is 37.0 Å². The summed E-state index contributed by atoms with van der Waals surface area (Å²) in [5.41, 5.74) is 2.17. The molecule has 23 heavy (non-hydrogen) atoms. The van der Waals surface area contributed by atoms with Crippen molar-refractivity contribution in [1.29, 1.82) is 0 Å². The van der Waals surface area contributed by atoms with Crippen molar-refractivity contribution in [2.24, 2.45) is 0 Å². The first-order chi connectivity index (χ1) is 10.9. The van der Waals surface area contributed by atoms with Crippen molar-refractivity contribution in [2.45, 2.75) is 31.6 Å². The highest BCUT2D eigenvalue weighted by Crippen LogP contribution is 2.26. The minimum absolute atomic E-state index is 0.0486. The van der Waals surface area contributed by atoms with Crippen molar-refractivity contribution in [3.05, 3.63) is 58.5 Å². The molecule has 7 heteroatoms. The molecule has 3 rings (SSSR count).